The lowest BCUT2D eigenvalue weighted by Crippen LogP contribution is -2.33. The van der Waals surface area contributed by atoms with Crippen molar-refractivity contribution in [3.05, 3.63) is 65.7 Å². The van der Waals surface area contributed by atoms with Crippen molar-refractivity contribution in [2.45, 2.75) is 25.2 Å². The quantitative estimate of drug-likeness (QED) is 0.599. The Balaban J connectivity index is 1.97. The Labute approximate surface area is 180 Å². The summed E-state index contributed by atoms with van der Waals surface area (Å²) in [4.78, 5) is 26.2. The van der Waals surface area contributed by atoms with Crippen molar-refractivity contribution < 1.29 is 23.1 Å². The molecule has 1 aliphatic rings. The Morgan fingerprint density at radius 3 is 2.45 bits per heavy atom. The average molecular weight is 439 g/mol. The number of para-hydroxylation sites is 1. The first-order valence-electron chi connectivity index (χ1n) is 10.1. The van der Waals surface area contributed by atoms with Gasteiger partial charge in [0.2, 0.25) is 0 Å². The van der Waals surface area contributed by atoms with E-state index in [-0.39, 0.29) is 28.6 Å². The highest BCUT2D eigenvalue weighted by Gasteiger charge is 2.34. The summed E-state index contributed by atoms with van der Waals surface area (Å²) in [6.45, 7) is 4.29. The minimum absolute atomic E-state index is 0.0486. The number of benzene rings is 3. The van der Waals surface area contributed by atoms with Crippen LogP contribution in [-0.2, 0) is 10.0 Å². The van der Waals surface area contributed by atoms with Crippen LogP contribution < -0.4 is 9.21 Å². The standard InChI is InChI=1S/C23H22N2O5S/c1-3-14-25(18-11-6-5-8-15(18)23(27)28)31(29,30)20-13-12-19-21-16(20)9-7-10-17(21)22(26)24(19)4-2/h5-13H,3-4,14H2,1-2H3,(H,27,28). The number of carbonyl (C=O) groups is 2. The van der Waals surface area contributed by atoms with Crippen molar-refractivity contribution in [3.8, 4) is 0 Å². The molecule has 3 aromatic rings. The van der Waals surface area contributed by atoms with Gasteiger partial charge >= 0.3 is 5.97 Å². The second-order valence-electron chi connectivity index (χ2n) is 7.26. The van der Waals surface area contributed by atoms with Crippen molar-refractivity contribution in [3.63, 3.8) is 0 Å². The summed E-state index contributed by atoms with van der Waals surface area (Å²) < 4.78 is 28.8. The fraction of sp³-hybridized carbons (Fsp3) is 0.217. The van der Waals surface area contributed by atoms with Gasteiger partial charge in [-0.05, 0) is 43.7 Å². The normalized spacial score (nSPS) is 13.1. The van der Waals surface area contributed by atoms with Crippen LogP contribution in [0.1, 0.15) is 41.0 Å². The van der Waals surface area contributed by atoms with Gasteiger partial charge in [-0.2, -0.15) is 0 Å². The Kier molecular flexibility index (Phi) is 5.18. The summed E-state index contributed by atoms with van der Waals surface area (Å²) >= 11 is 0. The number of carbonyl (C=O) groups excluding carboxylic acids is 1. The third-order valence-corrected chi connectivity index (χ3v) is 7.33. The third-order valence-electron chi connectivity index (χ3n) is 5.46. The number of carboxylic acids is 1. The van der Waals surface area contributed by atoms with Gasteiger partial charge in [-0.15, -0.1) is 0 Å². The minimum atomic E-state index is -4.11. The van der Waals surface area contributed by atoms with Crippen LogP contribution >= 0.6 is 0 Å². The zero-order chi connectivity index (χ0) is 22.3. The lowest BCUT2D eigenvalue weighted by Gasteiger charge is -2.26. The van der Waals surface area contributed by atoms with Gasteiger partial charge in [-0.3, -0.25) is 9.10 Å². The minimum Gasteiger partial charge on any atom is -0.478 e. The van der Waals surface area contributed by atoms with E-state index in [0.29, 0.717) is 35.0 Å². The summed E-state index contributed by atoms with van der Waals surface area (Å²) in [5, 5.41) is 10.7. The Morgan fingerprint density at radius 2 is 1.77 bits per heavy atom. The first-order valence-corrected chi connectivity index (χ1v) is 11.5. The Morgan fingerprint density at radius 1 is 1.03 bits per heavy atom. The SMILES string of the molecule is CCCN(c1ccccc1C(=O)O)S(=O)(=O)c1ccc2c3c(cccc13)C(=O)N2CC. The molecule has 3 aromatic carbocycles. The first-order chi connectivity index (χ1) is 14.8. The maximum Gasteiger partial charge on any atom is 0.337 e. The zero-order valence-electron chi connectivity index (χ0n) is 17.2. The van der Waals surface area contributed by atoms with Crippen molar-refractivity contribution >= 4 is 44.0 Å². The summed E-state index contributed by atoms with van der Waals surface area (Å²) in [6, 6.07) is 14.3. The highest BCUT2D eigenvalue weighted by Crippen LogP contribution is 2.41. The summed E-state index contributed by atoms with van der Waals surface area (Å²) in [5.74, 6) is -1.35. The number of aromatic carboxylic acids is 1. The summed E-state index contributed by atoms with van der Waals surface area (Å²) in [6.07, 6.45) is 0.497. The van der Waals surface area contributed by atoms with Crippen LogP contribution in [0, 0.1) is 0 Å². The molecule has 0 saturated carbocycles. The van der Waals surface area contributed by atoms with E-state index in [1.165, 1.54) is 18.2 Å². The van der Waals surface area contributed by atoms with Crippen LogP contribution in [0.4, 0.5) is 11.4 Å². The van der Waals surface area contributed by atoms with Gasteiger partial charge in [0.05, 0.1) is 21.8 Å². The number of hydrogen-bond donors (Lipinski definition) is 1. The van der Waals surface area contributed by atoms with Gasteiger partial charge in [-0.25, -0.2) is 13.2 Å². The molecule has 0 unspecified atom stereocenters. The number of rotatable bonds is 7. The number of carboxylic acid groups (broad SMARTS) is 1. The molecular weight excluding hydrogens is 416 g/mol. The van der Waals surface area contributed by atoms with Gasteiger partial charge in [0.1, 0.15) is 0 Å². The van der Waals surface area contributed by atoms with Crippen molar-refractivity contribution in [1.29, 1.82) is 0 Å². The van der Waals surface area contributed by atoms with Gasteiger partial charge in [0.15, 0.2) is 0 Å². The van der Waals surface area contributed by atoms with Crippen LogP contribution in [0.2, 0.25) is 0 Å². The van der Waals surface area contributed by atoms with E-state index in [1.54, 1.807) is 41.3 Å². The van der Waals surface area contributed by atoms with Gasteiger partial charge in [0.25, 0.3) is 15.9 Å². The maximum atomic E-state index is 13.8. The van der Waals surface area contributed by atoms with E-state index >= 15 is 0 Å². The topological polar surface area (TPSA) is 95.0 Å². The molecule has 1 N–H and O–H groups in total. The second kappa shape index (κ2) is 7.70. The van der Waals surface area contributed by atoms with Crippen molar-refractivity contribution in [2.24, 2.45) is 0 Å². The molecule has 0 radical (unpaired) electrons. The molecule has 7 nitrogen and oxygen atoms in total. The third kappa shape index (κ3) is 3.14. The molecule has 1 heterocycles. The van der Waals surface area contributed by atoms with Crippen LogP contribution in [0.3, 0.4) is 0 Å². The predicted octanol–water partition coefficient (Wildman–Crippen LogP) is 4.12. The molecule has 0 saturated heterocycles. The average Bonchev–Trinajstić information content (AvgIpc) is 3.04. The van der Waals surface area contributed by atoms with E-state index in [4.69, 9.17) is 0 Å². The van der Waals surface area contributed by atoms with E-state index in [2.05, 4.69) is 0 Å². The van der Waals surface area contributed by atoms with Gasteiger partial charge in [0, 0.05) is 29.4 Å². The molecule has 0 bridgehead atoms. The van der Waals surface area contributed by atoms with E-state index in [0.717, 1.165) is 4.31 Å². The molecule has 1 amide bonds. The zero-order valence-corrected chi connectivity index (χ0v) is 18.0. The summed E-state index contributed by atoms with van der Waals surface area (Å²) in [5.41, 5.74) is 1.19. The molecule has 0 aliphatic carbocycles. The number of amides is 1. The highest BCUT2D eigenvalue weighted by atomic mass is 32.2. The molecule has 31 heavy (non-hydrogen) atoms. The number of anilines is 2. The molecule has 1 aliphatic heterocycles. The summed E-state index contributed by atoms with van der Waals surface area (Å²) in [7, 11) is -4.11. The molecule has 0 aromatic heterocycles. The van der Waals surface area contributed by atoms with Gasteiger partial charge in [-0.1, -0.05) is 31.2 Å². The van der Waals surface area contributed by atoms with Crippen LogP contribution in [0.15, 0.2) is 59.5 Å². The molecule has 0 atom stereocenters. The lowest BCUT2D eigenvalue weighted by molar-refractivity contribution is 0.0697. The Hall–Kier alpha value is -3.39. The van der Waals surface area contributed by atoms with Crippen LogP contribution in [0.25, 0.3) is 10.8 Å². The molecule has 160 valence electrons. The smallest absolute Gasteiger partial charge is 0.337 e. The molecule has 4 rings (SSSR count). The second-order valence-corrected chi connectivity index (χ2v) is 9.09. The van der Waals surface area contributed by atoms with E-state index < -0.39 is 16.0 Å². The van der Waals surface area contributed by atoms with Gasteiger partial charge < -0.3 is 10.0 Å². The molecule has 0 fully saturated rings. The Bertz CT molecular complexity index is 1320. The number of hydrogen-bond acceptors (Lipinski definition) is 4. The van der Waals surface area contributed by atoms with Crippen LogP contribution in [0.5, 0.6) is 0 Å². The maximum absolute atomic E-state index is 13.8. The number of sulfonamides is 1. The molecular formula is C23H22N2O5S. The fourth-order valence-corrected chi connectivity index (χ4v) is 5.89. The largest absolute Gasteiger partial charge is 0.478 e. The predicted molar refractivity (Wildman–Crippen MR) is 120 cm³/mol. The first kappa shape index (κ1) is 20.9. The monoisotopic (exact) mass is 438 g/mol. The number of nitrogens with zero attached hydrogens (tertiary/aromatic N) is 2. The fourth-order valence-electron chi connectivity index (χ4n) is 4.12. The van der Waals surface area contributed by atoms with Crippen LogP contribution in [-0.4, -0.2) is 38.5 Å². The lowest BCUT2D eigenvalue weighted by atomic mass is 10.1. The molecule has 8 heteroatoms. The van der Waals surface area contributed by atoms with Crippen molar-refractivity contribution in [1.82, 2.24) is 0 Å². The highest BCUT2D eigenvalue weighted by molar-refractivity contribution is 7.93. The molecule has 0 spiro atoms. The van der Waals surface area contributed by atoms with Crippen molar-refractivity contribution in [2.75, 3.05) is 22.3 Å². The van der Waals surface area contributed by atoms with E-state index in [1.807, 2.05) is 13.8 Å². The van der Waals surface area contributed by atoms with E-state index in [9.17, 15) is 23.1 Å².